The van der Waals surface area contributed by atoms with Crippen LogP contribution in [0, 0.1) is 0 Å². The number of carboxylic acid groups (broad SMARTS) is 1. The van der Waals surface area contributed by atoms with Gasteiger partial charge in [0.05, 0.1) is 6.42 Å². The molecule has 0 aliphatic carbocycles. The third kappa shape index (κ3) is 8.95. The summed E-state index contributed by atoms with van der Waals surface area (Å²) >= 11 is 0. The number of carboxylic acids is 1. The molecule has 0 aliphatic heterocycles. The van der Waals surface area contributed by atoms with E-state index < -0.39 is 5.97 Å². The van der Waals surface area contributed by atoms with Crippen LogP contribution in [0.15, 0.2) is 0 Å². The van der Waals surface area contributed by atoms with Crippen LogP contribution in [0.4, 0.5) is 0 Å². The molecule has 0 saturated heterocycles. The van der Waals surface area contributed by atoms with Crippen molar-refractivity contribution in [2.75, 3.05) is 13.1 Å². The van der Waals surface area contributed by atoms with Gasteiger partial charge in [0.2, 0.25) is 5.91 Å². The van der Waals surface area contributed by atoms with E-state index in [1.165, 1.54) is 0 Å². The number of hydrogen-bond donors (Lipinski definition) is 3. The van der Waals surface area contributed by atoms with Crippen LogP contribution in [0.2, 0.25) is 0 Å². The Morgan fingerprint density at radius 3 is 1.83 bits per heavy atom. The molecule has 5 N–H and O–H groups in total. The van der Waals surface area contributed by atoms with E-state index in [4.69, 9.17) is 16.6 Å². The fraction of sp³-hybridized carbons (Fsp3) is 0.833. The number of nitrogens with zero attached hydrogens (tertiary/aromatic N) is 1. The lowest BCUT2D eigenvalue weighted by molar-refractivity contribution is -0.141. The largest absolute Gasteiger partial charge is 0.481 e. The van der Waals surface area contributed by atoms with Crippen LogP contribution < -0.4 is 11.5 Å². The van der Waals surface area contributed by atoms with Gasteiger partial charge in [-0.25, -0.2) is 0 Å². The quantitative estimate of drug-likeness (QED) is 0.546. The summed E-state index contributed by atoms with van der Waals surface area (Å²) in [6, 6.07) is 0.0464. The molecule has 2 unspecified atom stereocenters. The predicted octanol–water partition coefficient (Wildman–Crippen LogP) is 0.154. The number of carbonyl (C=O) groups is 2. The van der Waals surface area contributed by atoms with Crippen molar-refractivity contribution in [1.29, 1.82) is 0 Å². The number of nitrogens with two attached hydrogens (primary N) is 2. The van der Waals surface area contributed by atoms with Crippen molar-refractivity contribution in [1.82, 2.24) is 4.90 Å². The molecule has 0 aliphatic rings. The SMILES string of the molecule is CC(N)CCN(CCC(C)N)C(=O)CCC(=O)O. The Balaban J connectivity index is 4.24. The van der Waals surface area contributed by atoms with Gasteiger partial charge in [0.1, 0.15) is 0 Å². The maximum Gasteiger partial charge on any atom is 0.303 e. The first-order valence-corrected chi connectivity index (χ1v) is 6.33. The Morgan fingerprint density at radius 2 is 1.50 bits per heavy atom. The summed E-state index contributed by atoms with van der Waals surface area (Å²) in [6.45, 7) is 4.88. The molecule has 0 rings (SSSR count). The van der Waals surface area contributed by atoms with Crippen molar-refractivity contribution in [3.05, 3.63) is 0 Å². The van der Waals surface area contributed by atoms with Gasteiger partial charge in [0.25, 0.3) is 0 Å². The molecule has 0 aromatic carbocycles. The van der Waals surface area contributed by atoms with Gasteiger partial charge in [-0.05, 0) is 26.7 Å². The first kappa shape index (κ1) is 16.9. The predicted molar refractivity (Wildman–Crippen MR) is 70.0 cm³/mol. The third-order valence-corrected chi connectivity index (χ3v) is 2.61. The molecular weight excluding hydrogens is 234 g/mol. The monoisotopic (exact) mass is 259 g/mol. The number of rotatable bonds is 9. The average molecular weight is 259 g/mol. The summed E-state index contributed by atoms with van der Waals surface area (Å²) < 4.78 is 0. The summed E-state index contributed by atoms with van der Waals surface area (Å²) in [5.74, 6) is -1.10. The van der Waals surface area contributed by atoms with Gasteiger partial charge in [-0.15, -0.1) is 0 Å². The molecule has 0 aromatic rings. The maximum atomic E-state index is 11.9. The fourth-order valence-corrected chi connectivity index (χ4v) is 1.45. The van der Waals surface area contributed by atoms with Crippen molar-refractivity contribution < 1.29 is 14.7 Å². The van der Waals surface area contributed by atoms with Crippen LogP contribution in [0.5, 0.6) is 0 Å². The standard InChI is InChI=1S/C12H25N3O3/c1-9(13)5-7-15(8-6-10(2)14)11(16)3-4-12(17)18/h9-10H,3-8,13-14H2,1-2H3,(H,17,18). The second-order valence-electron chi connectivity index (χ2n) is 4.81. The fourth-order valence-electron chi connectivity index (χ4n) is 1.45. The highest BCUT2D eigenvalue weighted by atomic mass is 16.4. The number of aliphatic carboxylic acids is 1. The van der Waals surface area contributed by atoms with E-state index >= 15 is 0 Å². The Labute approximate surface area is 108 Å². The molecule has 0 bridgehead atoms. The molecule has 0 aromatic heterocycles. The lowest BCUT2D eigenvalue weighted by Crippen LogP contribution is -2.37. The Kier molecular flexibility index (Phi) is 8.32. The molecule has 2 atom stereocenters. The zero-order valence-electron chi connectivity index (χ0n) is 11.3. The maximum absolute atomic E-state index is 11.9. The summed E-state index contributed by atoms with van der Waals surface area (Å²) in [4.78, 5) is 24.0. The summed E-state index contributed by atoms with van der Waals surface area (Å²) in [7, 11) is 0. The average Bonchev–Trinajstić information content (AvgIpc) is 2.25. The van der Waals surface area contributed by atoms with Crippen LogP contribution in [-0.2, 0) is 9.59 Å². The summed E-state index contributed by atoms with van der Waals surface area (Å²) in [6.07, 6.45) is 1.31. The molecule has 0 spiro atoms. The minimum absolute atomic E-state index is 0.0232. The van der Waals surface area contributed by atoms with Crippen molar-refractivity contribution in [2.24, 2.45) is 11.5 Å². The molecule has 0 radical (unpaired) electrons. The molecule has 0 fully saturated rings. The van der Waals surface area contributed by atoms with Crippen molar-refractivity contribution in [2.45, 2.75) is 51.6 Å². The Morgan fingerprint density at radius 1 is 1.06 bits per heavy atom. The molecule has 1 amide bonds. The first-order chi connectivity index (χ1) is 8.32. The second-order valence-corrected chi connectivity index (χ2v) is 4.81. The van der Waals surface area contributed by atoms with Crippen LogP contribution in [0.1, 0.15) is 39.5 Å². The van der Waals surface area contributed by atoms with Crippen LogP contribution in [-0.4, -0.2) is 47.1 Å². The van der Waals surface area contributed by atoms with Gasteiger partial charge in [-0.3, -0.25) is 9.59 Å². The van der Waals surface area contributed by atoms with Gasteiger partial charge in [-0.2, -0.15) is 0 Å². The second kappa shape index (κ2) is 8.88. The zero-order valence-corrected chi connectivity index (χ0v) is 11.3. The van der Waals surface area contributed by atoms with E-state index in [9.17, 15) is 9.59 Å². The highest BCUT2D eigenvalue weighted by molar-refractivity contribution is 5.80. The van der Waals surface area contributed by atoms with Crippen molar-refractivity contribution >= 4 is 11.9 Å². The van der Waals surface area contributed by atoms with E-state index in [2.05, 4.69) is 0 Å². The van der Waals surface area contributed by atoms with E-state index in [1.54, 1.807) is 4.90 Å². The number of carbonyl (C=O) groups excluding carboxylic acids is 1. The zero-order chi connectivity index (χ0) is 14.1. The summed E-state index contributed by atoms with van der Waals surface area (Å²) in [5.41, 5.74) is 11.3. The van der Waals surface area contributed by atoms with Gasteiger partial charge < -0.3 is 21.5 Å². The van der Waals surface area contributed by atoms with Crippen molar-refractivity contribution in [3.63, 3.8) is 0 Å². The van der Waals surface area contributed by atoms with Crippen LogP contribution in [0.25, 0.3) is 0 Å². The lowest BCUT2D eigenvalue weighted by atomic mass is 10.2. The van der Waals surface area contributed by atoms with E-state index in [0.29, 0.717) is 25.9 Å². The molecule has 18 heavy (non-hydrogen) atoms. The smallest absolute Gasteiger partial charge is 0.303 e. The van der Waals surface area contributed by atoms with E-state index in [1.807, 2.05) is 13.8 Å². The minimum Gasteiger partial charge on any atom is -0.481 e. The molecular formula is C12H25N3O3. The van der Waals surface area contributed by atoms with Crippen LogP contribution in [0.3, 0.4) is 0 Å². The number of hydrogen-bond acceptors (Lipinski definition) is 4. The van der Waals surface area contributed by atoms with Gasteiger partial charge in [-0.1, -0.05) is 0 Å². The van der Waals surface area contributed by atoms with Gasteiger partial charge >= 0.3 is 5.97 Å². The third-order valence-electron chi connectivity index (χ3n) is 2.61. The van der Waals surface area contributed by atoms with Crippen LogP contribution >= 0.6 is 0 Å². The first-order valence-electron chi connectivity index (χ1n) is 6.33. The molecule has 6 nitrogen and oxygen atoms in total. The normalized spacial score (nSPS) is 14.0. The molecule has 106 valence electrons. The highest BCUT2D eigenvalue weighted by Gasteiger charge is 2.15. The Bertz CT molecular complexity index is 255. The number of amides is 1. The van der Waals surface area contributed by atoms with Crippen molar-refractivity contribution in [3.8, 4) is 0 Å². The minimum atomic E-state index is -0.956. The highest BCUT2D eigenvalue weighted by Crippen LogP contribution is 2.03. The topological polar surface area (TPSA) is 110 Å². The van der Waals surface area contributed by atoms with Gasteiger partial charge in [0.15, 0.2) is 0 Å². The van der Waals surface area contributed by atoms with Gasteiger partial charge in [0, 0.05) is 31.6 Å². The van der Waals surface area contributed by atoms with E-state index in [0.717, 1.165) is 0 Å². The molecule has 0 saturated carbocycles. The summed E-state index contributed by atoms with van der Waals surface area (Å²) in [5, 5.41) is 8.57. The molecule has 0 heterocycles. The van der Waals surface area contributed by atoms with E-state index in [-0.39, 0.29) is 30.8 Å². The lowest BCUT2D eigenvalue weighted by Gasteiger charge is -2.24. The molecule has 6 heteroatoms. The Hall–Kier alpha value is -1.14.